The van der Waals surface area contributed by atoms with E-state index in [1.807, 2.05) is 0 Å². The smallest absolute Gasteiger partial charge is 0.268 e. The van der Waals surface area contributed by atoms with Crippen LogP contribution >= 0.6 is 11.3 Å². The van der Waals surface area contributed by atoms with Crippen LogP contribution in [0.4, 0.5) is 0 Å². The highest BCUT2D eigenvalue weighted by molar-refractivity contribution is 7.15. The summed E-state index contributed by atoms with van der Waals surface area (Å²) in [6, 6.07) is 1.84. The van der Waals surface area contributed by atoms with Crippen LogP contribution in [0.3, 0.4) is 0 Å². The van der Waals surface area contributed by atoms with Crippen molar-refractivity contribution in [1.29, 1.82) is 0 Å². The molecule has 2 N–H and O–H groups in total. The number of nitrogens with two attached hydrogens (primary N) is 1. The Morgan fingerprint density at radius 2 is 2.00 bits per heavy atom. The van der Waals surface area contributed by atoms with Gasteiger partial charge in [0.25, 0.3) is 5.89 Å². The van der Waals surface area contributed by atoms with Gasteiger partial charge < -0.3 is 10.3 Å². The molecule has 0 aromatic carbocycles. The first-order chi connectivity index (χ1) is 8.29. The number of hydrogen-bond donors (Lipinski definition) is 1. The lowest BCUT2D eigenvalue weighted by Crippen LogP contribution is -2.27. The molecule has 1 atom stereocenters. The number of rotatable bonds is 2. The largest absolute Gasteiger partial charge is 0.333 e. The van der Waals surface area contributed by atoms with Gasteiger partial charge in [0, 0.05) is 4.88 Å². The van der Waals surface area contributed by atoms with Gasteiger partial charge in [-0.2, -0.15) is 4.98 Å². The Bertz CT molecular complexity index is 531. The Balaban J connectivity index is 2.31. The Labute approximate surface area is 111 Å². The van der Waals surface area contributed by atoms with Crippen LogP contribution in [0.25, 0.3) is 10.8 Å². The van der Waals surface area contributed by atoms with Gasteiger partial charge in [-0.3, -0.25) is 0 Å². The molecule has 1 unspecified atom stereocenters. The fourth-order valence-electron chi connectivity index (χ4n) is 1.53. The molecule has 0 radical (unpaired) electrons. The van der Waals surface area contributed by atoms with Gasteiger partial charge in [-0.05, 0) is 30.9 Å². The molecule has 4 nitrogen and oxygen atoms in total. The lowest BCUT2D eigenvalue weighted by atomic mass is 9.87. The van der Waals surface area contributed by atoms with Crippen LogP contribution in [-0.2, 0) is 0 Å². The molecule has 0 amide bonds. The van der Waals surface area contributed by atoms with E-state index in [1.165, 1.54) is 10.4 Å². The van der Waals surface area contributed by atoms with Crippen molar-refractivity contribution in [3.05, 3.63) is 22.3 Å². The molecule has 0 spiro atoms. The molecule has 0 saturated carbocycles. The fourth-order valence-corrected chi connectivity index (χ4v) is 2.48. The monoisotopic (exact) mass is 265 g/mol. The summed E-state index contributed by atoms with van der Waals surface area (Å²) in [6.07, 6.45) is 0. The van der Waals surface area contributed by atoms with Gasteiger partial charge in [-0.25, -0.2) is 0 Å². The summed E-state index contributed by atoms with van der Waals surface area (Å²) < 4.78 is 5.30. The molecule has 2 aromatic rings. The van der Waals surface area contributed by atoms with Gasteiger partial charge in [-0.1, -0.05) is 25.9 Å². The molecule has 0 fully saturated rings. The van der Waals surface area contributed by atoms with Crippen molar-refractivity contribution in [2.24, 2.45) is 11.1 Å². The van der Waals surface area contributed by atoms with Crippen molar-refractivity contribution in [2.45, 2.75) is 40.7 Å². The summed E-state index contributed by atoms with van der Waals surface area (Å²) >= 11 is 1.66. The van der Waals surface area contributed by atoms with Gasteiger partial charge in [0.15, 0.2) is 5.82 Å². The van der Waals surface area contributed by atoms with Crippen LogP contribution in [0.15, 0.2) is 10.6 Å². The van der Waals surface area contributed by atoms with E-state index in [-0.39, 0.29) is 11.5 Å². The average molecular weight is 265 g/mol. The summed E-state index contributed by atoms with van der Waals surface area (Å²) in [5.41, 5.74) is 7.28. The molecule has 98 valence electrons. The Morgan fingerprint density at radius 1 is 1.33 bits per heavy atom. The predicted molar refractivity (Wildman–Crippen MR) is 73.5 cm³/mol. The van der Waals surface area contributed by atoms with Crippen molar-refractivity contribution in [1.82, 2.24) is 10.1 Å². The molecule has 2 rings (SSSR count). The second-order valence-electron chi connectivity index (χ2n) is 5.65. The minimum Gasteiger partial charge on any atom is -0.333 e. The van der Waals surface area contributed by atoms with Crippen LogP contribution in [0.1, 0.15) is 43.1 Å². The molecule has 2 aromatic heterocycles. The van der Waals surface area contributed by atoms with E-state index in [9.17, 15) is 0 Å². The van der Waals surface area contributed by atoms with Crippen molar-refractivity contribution in [3.63, 3.8) is 0 Å². The molecular weight excluding hydrogens is 246 g/mol. The van der Waals surface area contributed by atoms with Crippen LogP contribution in [0.5, 0.6) is 0 Å². The summed E-state index contributed by atoms with van der Waals surface area (Å²) in [4.78, 5) is 6.68. The standard InChI is InChI=1S/C13H19N3OS/c1-7-6-9(18-8(7)2)12-15-11(16-17-12)10(14)13(3,4)5/h6,10H,14H2,1-5H3. The first-order valence-corrected chi connectivity index (χ1v) is 6.77. The van der Waals surface area contributed by atoms with Crippen molar-refractivity contribution in [3.8, 4) is 10.8 Å². The van der Waals surface area contributed by atoms with E-state index < -0.39 is 0 Å². The Hall–Kier alpha value is -1.20. The second-order valence-corrected chi connectivity index (χ2v) is 6.91. The minimum absolute atomic E-state index is 0.0809. The summed E-state index contributed by atoms with van der Waals surface area (Å²) in [5.74, 6) is 1.13. The predicted octanol–water partition coefficient (Wildman–Crippen LogP) is 3.46. The topological polar surface area (TPSA) is 64.9 Å². The van der Waals surface area contributed by atoms with E-state index in [4.69, 9.17) is 10.3 Å². The van der Waals surface area contributed by atoms with Gasteiger partial charge >= 0.3 is 0 Å². The van der Waals surface area contributed by atoms with Gasteiger partial charge in [0.05, 0.1) is 10.9 Å². The molecule has 0 saturated heterocycles. The number of thiophene rings is 1. The summed E-state index contributed by atoms with van der Waals surface area (Å²) in [6.45, 7) is 10.3. The molecule has 2 heterocycles. The maximum Gasteiger partial charge on any atom is 0.268 e. The highest BCUT2D eigenvalue weighted by Crippen LogP contribution is 2.33. The highest BCUT2D eigenvalue weighted by atomic mass is 32.1. The molecular formula is C13H19N3OS. The molecule has 18 heavy (non-hydrogen) atoms. The zero-order valence-electron chi connectivity index (χ0n) is 11.4. The molecule has 0 aliphatic carbocycles. The van der Waals surface area contributed by atoms with Gasteiger partial charge in [0.1, 0.15) is 0 Å². The summed E-state index contributed by atoms with van der Waals surface area (Å²) in [7, 11) is 0. The van der Waals surface area contributed by atoms with Crippen LogP contribution in [-0.4, -0.2) is 10.1 Å². The zero-order chi connectivity index (χ0) is 13.5. The lowest BCUT2D eigenvalue weighted by Gasteiger charge is -2.23. The second kappa shape index (κ2) is 4.48. The molecule has 0 bridgehead atoms. The van der Waals surface area contributed by atoms with E-state index in [2.05, 4.69) is 50.8 Å². The Morgan fingerprint density at radius 3 is 2.50 bits per heavy atom. The van der Waals surface area contributed by atoms with Gasteiger partial charge in [-0.15, -0.1) is 11.3 Å². The zero-order valence-corrected chi connectivity index (χ0v) is 12.3. The SMILES string of the molecule is Cc1cc(-c2nc(C(N)C(C)(C)C)no2)sc1C. The number of aryl methyl sites for hydroxylation is 2. The third-order valence-corrected chi connectivity index (χ3v) is 4.17. The van der Waals surface area contributed by atoms with E-state index in [0.717, 1.165) is 4.88 Å². The highest BCUT2D eigenvalue weighted by Gasteiger charge is 2.27. The first kappa shape index (κ1) is 13.2. The summed E-state index contributed by atoms with van der Waals surface area (Å²) in [5, 5.41) is 3.99. The third-order valence-electron chi connectivity index (χ3n) is 3.03. The maximum absolute atomic E-state index is 6.12. The minimum atomic E-state index is -0.225. The normalized spacial score (nSPS) is 13.9. The first-order valence-electron chi connectivity index (χ1n) is 5.95. The number of aromatic nitrogens is 2. The van der Waals surface area contributed by atoms with Crippen LogP contribution in [0, 0.1) is 19.3 Å². The van der Waals surface area contributed by atoms with Crippen molar-refractivity contribution >= 4 is 11.3 Å². The van der Waals surface area contributed by atoms with E-state index >= 15 is 0 Å². The lowest BCUT2D eigenvalue weighted by molar-refractivity contribution is 0.303. The Kier molecular flexibility index (Phi) is 3.29. The van der Waals surface area contributed by atoms with Crippen LogP contribution in [0.2, 0.25) is 0 Å². The van der Waals surface area contributed by atoms with E-state index in [1.54, 1.807) is 11.3 Å². The van der Waals surface area contributed by atoms with E-state index in [0.29, 0.717) is 11.7 Å². The maximum atomic E-state index is 6.12. The third kappa shape index (κ3) is 2.47. The average Bonchev–Trinajstić information content (AvgIpc) is 2.84. The molecule has 0 aliphatic heterocycles. The number of nitrogens with zero attached hydrogens (tertiary/aromatic N) is 2. The molecule has 0 aliphatic rings. The molecule has 5 heteroatoms. The van der Waals surface area contributed by atoms with Crippen molar-refractivity contribution in [2.75, 3.05) is 0 Å². The van der Waals surface area contributed by atoms with Crippen molar-refractivity contribution < 1.29 is 4.52 Å². The fraction of sp³-hybridized carbons (Fsp3) is 0.538. The quantitative estimate of drug-likeness (QED) is 0.903. The van der Waals surface area contributed by atoms with Gasteiger partial charge in [0.2, 0.25) is 0 Å². The van der Waals surface area contributed by atoms with Crippen LogP contribution < -0.4 is 5.73 Å². The number of hydrogen-bond acceptors (Lipinski definition) is 5.